The van der Waals surface area contributed by atoms with Crippen LogP contribution in [-0.2, 0) is 0 Å². The Morgan fingerprint density at radius 3 is 2.50 bits per heavy atom. The number of nitrogens with one attached hydrogen (secondary N) is 3. The number of hydrogen-bond acceptors (Lipinski definition) is 3. The smallest absolute Gasteiger partial charge is 0.189 e. The molecule has 0 saturated heterocycles. The van der Waals surface area contributed by atoms with Gasteiger partial charge in [-0.25, -0.2) is 0 Å². The van der Waals surface area contributed by atoms with E-state index in [1.165, 1.54) is 0 Å². The fourth-order valence-electron chi connectivity index (χ4n) is 1.53. The van der Waals surface area contributed by atoms with Crippen LogP contribution in [0.1, 0.15) is 0 Å². The van der Waals surface area contributed by atoms with Crippen molar-refractivity contribution >= 4 is 44.6 Å². The Hall–Kier alpha value is -1.79. The summed E-state index contributed by atoms with van der Waals surface area (Å²) in [6.45, 7) is 0. The number of methoxy groups -OCH3 is 1. The Morgan fingerprint density at radius 1 is 1.10 bits per heavy atom. The average molecular weight is 352 g/mol. The first kappa shape index (κ1) is 14.6. The molecule has 0 aliphatic heterocycles. The van der Waals surface area contributed by atoms with Gasteiger partial charge in [-0.15, -0.1) is 0 Å². The van der Waals surface area contributed by atoms with Gasteiger partial charge in [-0.05, 0) is 54.7 Å². The molecule has 0 aromatic heterocycles. The molecule has 2 aromatic rings. The van der Waals surface area contributed by atoms with Crippen molar-refractivity contribution in [3.05, 3.63) is 53.0 Å². The highest BCUT2D eigenvalue weighted by atomic mass is 79.9. The Balaban J connectivity index is 1.85. The lowest BCUT2D eigenvalue weighted by molar-refractivity contribution is 0.415. The van der Waals surface area contributed by atoms with Gasteiger partial charge in [0.05, 0.1) is 12.8 Å². The fourth-order valence-corrected chi connectivity index (χ4v) is 2.10. The van der Waals surface area contributed by atoms with E-state index in [4.69, 9.17) is 17.0 Å². The molecule has 0 radical (unpaired) electrons. The van der Waals surface area contributed by atoms with E-state index in [1.54, 1.807) is 7.11 Å². The minimum Gasteiger partial charge on any atom is -0.497 e. The number of ether oxygens (including phenoxy) is 1. The van der Waals surface area contributed by atoms with Gasteiger partial charge in [-0.3, -0.25) is 10.9 Å². The molecule has 4 nitrogen and oxygen atoms in total. The fraction of sp³-hybridized carbons (Fsp3) is 0.0714. The van der Waals surface area contributed by atoms with E-state index in [-0.39, 0.29) is 0 Å². The molecular formula is C14H14BrN3OS. The van der Waals surface area contributed by atoms with Crippen molar-refractivity contribution in [3.63, 3.8) is 0 Å². The summed E-state index contributed by atoms with van der Waals surface area (Å²) in [5, 5.41) is 3.55. The molecule has 2 aromatic carbocycles. The van der Waals surface area contributed by atoms with E-state index in [0.717, 1.165) is 21.6 Å². The summed E-state index contributed by atoms with van der Waals surface area (Å²) >= 11 is 8.61. The Bertz CT molecular complexity index is 589. The van der Waals surface area contributed by atoms with E-state index < -0.39 is 0 Å². The minimum absolute atomic E-state index is 0.482. The topological polar surface area (TPSA) is 45.3 Å². The summed E-state index contributed by atoms with van der Waals surface area (Å²) in [5.41, 5.74) is 7.74. The monoisotopic (exact) mass is 351 g/mol. The maximum Gasteiger partial charge on any atom is 0.189 e. The molecule has 0 bridgehead atoms. The molecule has 2 rings (SSSR count). The molecular weight excluding hydrogens is 338 g/mol. The van der Waals surface area contributed by atoms with Crippen molar-refractivity contribution in [1.82, 2.24) is 5.43 Å². The molecule has 0 saturated carbocycles. The molecule has 0 unspecified atom stereocenters. The van der Waals surface area contributed by atoms with Crippen LogP contribution in [0.15, 0.2) is 53.0 Å². The summed E-state index contributed by atoms with van der Waals surface area (Å²) < 4.78 is 6.10. The second kappa shape index (κ2) is 7.12. The zero-order valence-corrected chi connectivity index (χ0v) is 13.2. The van der Waals surface area contributed by atoms with Crippen LogP contribution < -0.4 is 20.9 Å². The normalized spacial score (nSPS) is 9.70. The van der Waals surface area contributed by atoms with Crippen molar-refractivity contribution < 1.29 is 4.74 Å². The number of hydrogen-bond donors (Lipinski definition) is 3. The molecule has 0 amide bonds. The molecule has 0 fully saturated rings. The molecule has 3 N–H and O–H groups in total. The van der Waals surface area contributed by atoms with Crippen molar-refractivity contribution in [1.29, 1.82) is 0 Å². The molecule has 6 heteroatoms. The van der Waals surface area contributed by atoms with Crippen LogP contribution in [-0.4, -0.2) is 12.2 Å². The summed E-state index contributed by atoms with van der Waals surface area (Å²) in [6.07, 6.45) is 0. The molecule has 0 spiro atoms. The predicted octanol–water partition coefficient (Wildman–Crippen LogP) is 3.77. The quantitative estimate of drug-likeness (QED) is 0.578. The van der Waals surface area contributed by atoms with E-state index >= 15 is 0 Å². The number of halogens is 1. The van der Waals surface area contributed by atoms with Gasteiger partial charge in [0.1, 0.15) is 5.75 Å². The van der Waals surface area contributed by atoms with Gasteiger partial charge in [-0.1, -0.05) is 22.0 Å². The highest BCUT2D eigenvalue weighted by Gasteiger charge is 1.98. The number of thiocarbonyl (C=S) groups is 1. The number of anilines is 2. The lowest BCUT2D eigenvalue weighted by atomic mass is 10.3. The van der Waals surface area contributed by atoms with Crippen LogP contribution in [0.2, 0.25) is 0 Å². The van der Waals surface area contributed by atoms with E-state index in [9.17, 15) is 0 Å². The molecule has 0 heterocycles. The van der Waals surface area contributed by atoms with Crippen LogP contribution in [0.4, 0.5) is 11.4 Å². The zero-order chi connectivity index (χ0) is 14.4. The maximum atomic E-state index is 5.20. The summed E-state index contributed by atoms with van der Waals surface area (Å²) in [5.74, 6) is 0.807. The Labute approximate surface area is 131 Å². The SMILES string of the molecule is COc1ccc(NC(=S)NNc2cccc(Br)c2)cc1. The second-order valence-electron chi connectivity index (χ2n) is 3.94. The summed E-state index contributed by atoms with van der Waals surface area (Å²) in [4.78, 5) is 0. The summed E-state index contributed by atoms with van der Waals surface area (Å²) in [7, 11) is 1.64. The van der Waals surface area contributed by atoms with Gasteiger partial charge in [0.25, 0.3) is 0 Å². The van der Waals surface area contributed by atoms with Crippen LogP contribution in [0.25, 0.3) is 0 Å². The van der Waals surface area contributed by atoms with Crippen molar-refractivity contribution in [3.8, 4) is 5.75 Å². The van der Waals surface area contributed by atoms with Crippen molar-refractivity contribution in [2.75, 3.05) is 17.9 Å². The number of benzene rings is 2. The van der Waals surface area contributed by atoms with Crippen LogP contribution in [0, 0.1) is 0 Å². The third kappa shape index (κ3) is 4.40. The van der Waals surface area contributed by atoms with Gasteiger partial charge < -0.3 is 10.1 Å². The first-order valence-electron chi connectivity index (χ1n) is 5.90. The van der Waals surface area contributed by atoms with Crippen LogP contribution in [0.5, 0.6) is 5.75 Å². The predicted molar refractivity (Wildman–Crippen MR) is 90.1 cm³/mol. The third-order valence-corrected chi connectivity index (χ3v) is 3.19. The summed E-state index contributed by atoms with van der Waals surface area (Å²) in [6, 6.07) is 15.3. The highest BCUT2D eigenvalue weighted by Crippen LogP contribution is 2.16. The van der Waals surface area contributed by atoms with Crippen LogP contribution in [0.3, 0.4) is 0 Å². The van der Waals surface area contributed by atoms with E-state index in [2.05, 4.69) is 32.1 Å². The van der Waals surface area contributed by atoms with Gasteiger partial charge >= 0.3 is 0 Å². The van der Waals surface area contributed by atoms with Crippen LogP contribution >= 0.6 is 28.1 Å². The molecule has 0 aliphatic rings. The first-order valence-corrected chi connectivity index (χ1v) is 7.10. The van der Waals surface area contributed by atoms with E-state index in [1.807, 2.05) is 48.5 Å². The number of hydrazine groups is 1. The van der Waals surface area contributed by atoms with Gasteiger partial charge in [0, 0.05) is 10.2 Å². The standard InChI is InChI=1S/C14H14BrN3OS/c1-19-13-7-5-11(6-8-13)16-14(20)18-17-12-4-2-3-10(15)9-12/h2-9,17H,1H3,(H2,16,18,20). The molecule has 0 aliphatic carbocycles. The lowest BCUT2D eigenvalue weighted by Gasteiger charge is -2.13. The van der Waals surface area contributed by atoms with Crippen molar-refractivity contribution in [2.24, 2.45) is 0 Å². The Kier molecular flexibility index (Phi) is 5.20. The van der Waals surface area contributed by atoms with Gasteiger partial charge in [0.15, 0.2) is 5.11 Å². The second-order valence-corrected chi connectivity index (χ2v) is 5.27. The lowest BCUT2D eigenvalue weighted by Crippen LogP contribution is -2.33. The minimum atomic E-state index is 0.482. The average Bonchev–Trinajstić information content (AvgIpc) is 2.46. The molecule has 104 valence electrons. The van der Waals surface area contributed by atoms with Gasteiger partial charge in [-0.2, -0.15) is 0 Å². The van der Waals surface area contributed by atoms with Crippen molar-refractivity contribution in [2.45, 2.75) is 0 Å². The third-order valence-electron chi connectivity index (χ3n) is 2.49. The molecule has 0 atom stereocenters. The zero-order valence-electron chi connectivity index (χ0n) is 10.8. The van der Waals surface area contributed by atoms with E-state index in [0.29, 0.717) is 5.11 Å². The maximum absolute atomic E-state index is 5.20. The number of rotatable bonds is 4. The highest BCUT2D eigenvalue weighted by molar-refractivity contribution is 9.10. The molecule has 20 heavy (non-hydrogen) atoms. The Morgan fingerprint density at radius 2 is 1.85 bits per heavy atom. The largest absolute Gasteiger partial charge is 0.497 e. The first-order chi connectivity index (χ1) is 9.67. The van der Waals surface area contributed by atoms with Gasteiger partial charge in [0.2, 0.25) is 0 Å².